The Bertz CT molecular complexity index is 505. The van der Waals surface area contributed by atoms with Crippen molar-refractivity contribution in [1.29, 1.82) is 0 Å². The fourth-order valence-corrected chi connectivity index (χ4v) is 3.38. The SMILES string of the molecule is CCN(CC)S(=O)(=O)c1cc(C)c(C)cc1N. The molecule has 0 aliphatic rings. The lowest BCUT2D eigenvalue weighted by Crippen LogP contribution is -2.31. The molecule has 0 bridgehead atoms. The van der Waals surface area contributed by atoms with E-state index in [1.165, 1.54) is 4.31 Å². The van der Waals surface area contributed by atoms with E-state index in [4.69, 9.17) is 5.73 Å². The monoisotopic (exact) mass is 256 g/mol. The highest BCUT2D eigenvalue weighted by molar-refractivity contribution is 7.89. The van der Waals surface area contributed by atoms with Crippen LogP contribution in [0.3, 0.4) is 0 Å². The van der Waals surface area contributed by atoms with Crippen LogP contribution in [0.1, 0.15) is 25.0 Å². The molecular weight excluding hydrogens is 236 g/mol. The number of nitrogens with two attached hydrogens (primary N) is 1. The Morgan fingerprint density at radius 3 is 2.06 bits per heavy atom. The van der Waals surface area contributed by atoms with Gasteiger partial charge in [-0.25, -0.2) is 8.42 Å². The molecule has 0 aliphatic carbocycles. The van der Waals surface area contributed by atoms with E-state index >= 15 is 0 Å². The Hall–Kier alpha value is -1.07. The molecule has 0 radical (unpaired) electrons. The molecule has 1 aromatic rings. The molecule has 2 N–H and O–H groups in total. The number of nitrogens with zero attached hydrogens (tertiary/aromatic N) is 1. The summed E-state index contributed by atoms with van der Waals surface area (Å²) in [6, 6.07) is 3.37. The number of anilines is 1. The van der Waals surface area contributed by atoms with Gasteiger partial charge in [0, 0.05) is 13.1 Å². The Morgan fingerprint density at radius 1 is 1.12 bits per heavy atom. The predicted molar refractivity (Wildman–Crippen MR) is 70.4 cm³/mol. The first kappa shape index (κ1) is 14.0. The number of sulfonamides is 1. The molecule has 0 aromatic heterocycles. The fraction of sp³-hybridized carbons (Fsp3) is 0.500. The van der Waals surface area contributed by atoms with Gasteiger partial charge in [0.2, 0.25) is 10.0 Å². The van der Waals surface area contributed by atoms with E-state index < -0.39 is 10.0 Å². The molecule has 0 aliphatic heterocycles. The van der Waals surface area contributed by atoms with Gasteiger partial charge in [0.05, 0.1) is 5.69 Å². The van der Waals surface area contributed by atoms with Crippen molar-refractivity contribution in [2.75, 3.05) is 18.8 Å². The van der Waals surface area contributed by atoms with Gasteiger partial charge in [-0.1, -0.05) is 13.8 Å². The van der Waals surface area contributed by atoms with Crippen molar-refractivity contribution in [3.05, 3.63) is 23.3 Å². The van der Waals surface area contributed by atoms with Gasteiger partial charge < -0.3 is 5.73 Å². The van der Waals surface area contributed by atoms with Crippen LogP contribution in [0.2, 0.25) is 0 Å². The van der Waals surface area contributed by atoms with Crippen LogP contribution in [0.25, 0.3) is 0 Å². The number of nitrogen functional groups attached to an aromatic ring is 1. The summed E-state index contributed by atoms with van der Waals surface area (Å²) >= 11 is 0. The van der Waals surface area contributed by atoms with E-state index in [-0.39, 0.29) is 4.90 Å². The third-order valence-corrected chi connectivity index (χ3v) is 5.05. The lowest BCUT2D eigenvalue weighted by Gasteiger charge is -2.20. The van der Waals surface area contributed by atoms with Gasteiger partial charge in [0.15, 0.2) is 0 Å². The summed E-state index contributed by atoms with van der Waals surface area (Å²) in [5.41, 5.74) is 8.07. The second-order valence-electron chi connectivity index (χ2n) is 4.06. The van der Waals surface area contributed by atoms with Crippen LogP contribution in [-0.2, 0) is 10.0 Å². The third kappa shape index (κ3) is 2.61. The fourth-order valence-electron chi connectivity index (χ4n) is 1.74. The number of hydrogen-bond acceptors (Lipinski definition) is 3. The van der Waals surface area contributed by atoms with Gasteiger partial charge in [0.1, 0.15) is 4.90 Å². The van der Waals surface area contributed by atoms with Crippen LogP contribution < -0.4 is 5.73 Å². The zero-order chi connectivity index (χ0) is 13.2. The van der Waals surface area contributed by atoms with E-state index in [0.29, 0.717) is 18.8 Å². The first-order valence-corrected chi connectivity index (χ1v) is 7.15. The van der Waals surface area contributed by atoms with Crippen molar-refractivity contribution in [3.8, 4) is 0 Å². The van der Waals surface area contributed by atoms with Crippen molar-refractivity contribution in [3.63, 3.8) is 0 Å². The van der Waals surface area contributed by atoms with Crippen molar-refractivity contribution >= 4 is 15.7 Å². The standard InChI is InChI=1S/C12H20N2O2S/c1-5-14(6-2)17(15,16)12-8-10(4)9(3)7-11(12)13/h7-8H,5-6,13H2,1-4H3. The van der Waals surface area contributed by atoms with E-state index in [0.717, 1.165) is 11.1 Å². The Kier molecular flexibility index (Phi) is 4.16. The lowest BCUT2D eigenvalue weighted by atomic mass is 10.1. The summed E-state index contributed by atoms with van der Waals surface area (Å²) in [7, 11) is -3.46. The summed E-state index contributed by atoms with van der Waals surface area (Å²) < 4.78 is 26.1. The van der Waals surface area contributed by atoms with E-state index in [2.05, 4.69) is 0 Å². The van der Waals surface area contributed by atoms with Crippen molar-refractivity contribution in [2.24, 2.45) is 0 Å². The van der Waals surface area contributed by atoms with Gasteiger partial charge in [-0.3, -0.25) is 0 Å². The molecule has 0 amide bonds. The van der Waals surface area contributed by atoms with Gasteiger partial charge in [-0.15, -0.1) is 0 Å². The lowest BCUT2D eigenvalue weighted by molar-refractivity contribution is 0.445. The van der Waals surface area contributed by atoms with Gasteiger partial charge >= 0.3 is 0 Å². The van der Waals surface area contributed by atoms with Crippen LogP contribution in [0, 0.1) is 13.8 Å². The molecule has 0 unspecified atom stereocenters. The average molecular weight is 256 g/mol. The van der Waals surface area contributed by atoms with Crippen molar-refractivity contribution in [1.82, 2.24) is 4.31 Å². The van der Waals surface area contributed by atoms with Crippen molar-refractivity contribution in [2.45, 2.75) is 32.6 Å². The summed E-state index contributed by atoms with van der Waals surface area (Å²) in [5, 5.41) is 0. The summed E-state index contributed by atoms with van der Waals surface area (Å²) in [5.74, 6) is 0. The number of hydrogen-bond donors (Lipinski definition) is 1. The normalized spacial score (nSPS) is 12.1. The predicted octanol–water partition coefficient (Wildman–Crippen LogP) is 1.92. The molecule has 17 heavy (non-hydrogen) atoms. The van der Waals surface area contributed by atoms with E-state index in [1.54, 1.807) is 12.1 Å². The maximum absolute atomic E-state index is 12.3. The molecule has 0 atom stereocenters. The quantitative estimate of drug-likeness (QED) is 0.837. The molecule has 0 saturated carbocycles. The molecule has 5 heteroatoms. The molecular formula is C12H20N2O2S. The maximum atomic E-state index is 12.3. The molecule has 0 saturated heterocycles. The number of rotatable bonds is 4. The average Bonchev–Trinajstić information content (AvgIpc) is 2.24. The molecule has 1 aromatic carbocycles. The first-order chi connectivity index (χ1) is 7.84. The van der Waals surface area contributed by atoms with Gasteiger partial charge in [-0.2, -0.15) is 4.31 Å². The summed E-state index contributed by atoms with van der Waals surface area (Å²) in [6.07, 6.45) is 0. The topological polar surface area (TPSA) is 63.4 Å². The second-order valence-corrected chi connectivity index (χ2v) is 5.97. The van der Waals surface area contributed by atoms with Crippen molar-refractivity contribution < 1.29 is 8.42 Å². The van der Waals surface area contributed by atoms with Crippen LogP contribution in [0.4, 0.5) is 5.69 Å². The zero-order valence-electron chi connectivity index (χ0n) is 10.8. The zero-order valence-corrected chi connectivity index (χ0v) is 11.6. The second kappa shape index (κ2) is 5.06. The summed E-state index contributed by atoms with van der Waals surface area (Å²) in [6.45, 7) is 8.34. The Morgan fingerprint density at radius 2 is 1.59 bits per heavy atom. The Labute approximate surface area is 103 Å². The first-order valence-electron chi connectivity index (χ1n) is 5.71. The maximum Gasteiger partial charge on any atom is 0.245 e. The van der Waals surface area contributed by atoms with Gasteiger partial charge in [-0.05, 0) is 37.1 Å². The summed E-state index contributed by atoms with van der Waals surface area (Å²) in [4.78, 5) is 0.212. The number of aryl methyl sites for hydroxylation is 2. The largest absolute Gasteiger partial charge is 0.398 e. The molecule has 96 valence electrons. The highest BCUT2D eigenvalue weighted by atomic mass is 32.2. The number of benzene rings is 1. The van der Waals surface area contributed by atoms with Crippen LogP contribution in [0.15, 0.2) is 17.0 Å². The van der Waals surface area contributed by atoms with Crippen LogP contribution >= 0.6 is 0 Å². The minimum atomic E-state index is -3.46. The molecule has 1 rings (SSSR count). The van der Waals surface area contributed by atoms with Gasteiger partial charge in [0.25, 0.3) is 0 Å². The highest BCUT2D eigenvalue weighted by Crippen LogP contribution is 2.25. The van der Waals surface area contributed by atoms with E-state index in [9.17, 15) is 8.42 Å². The minimum absolute atomic E-state index is 0.212. The van der Waals surface area contributed by atoms with E-state index in [1.807, 2.05) is 27.7 Å². The minimum Gasteiger partial charge on any atom is -0.398 e. The third-order valence-electron chi connectivity index (χ3n) is 2.95. The molecule has 0 fully saturated rings. The smallest absolute Gasteiger partial charge is 0.245 e. The highest BCUT2D eigenvalue weighted by Gasteiger charge is 2.24. The van der Waals surface area contributed by atoms with Crippen LogP contribution in [-0.4, -0.2) is 25.8 Å². The molecule has 4 nitrogen and oxygen atoms in total. The molecule has 0 spiro atoms. The molecule has 0 heterocycles. The Balaban J connectivity index is 3.38. The van der Waals surface area contributed by atoms with Crippen LogP contribution in [0.5, 0.6) is 0 Å².